The highest BCUT2D eigenvalue weighted by atomic mass is 32.1. The Kier molecular flexibility index (Phi) is 8.68. The average molecular weight is 770 g/mol. The summed E-state index contributed by atoms with van der Waals surface area (Å²) in [4.78, 5) is 15.2. The van der Waals surface area contributed by atoms with E-state index in [0.29, 0.717) is 17.5 Å². The van der Waals surface area contributed by atoms with E-state index in [2.05, 4.69) is 170 Å². The summed E-state index contributed by atoms with van der Waals surface area (Å²) in [5, 5.41) is 5.06. The summed E-state index contributed by atoms with van der Waals surface area (Å²) in [6.45, 7) is 0. The highest BCUT2D eigenvalue weighted by Crippen LogP contribution is 2.42. The maximum atomic E-state index is 5.12. The predicted molar refractivity (Wildman–Crippen MR) is 248 cm³/mol. The first-order valence-electron chi connectivity index (χ1n) is 19.9. The number of rotatable bonds is 7. The Bertz CT molecular complexity index is 3320. The van der Waals surface area contributed by atoms with Crippen LogP contribution in [0, 0.1) is 0 Å². The van der Waals surface area contributed by atoms with Crippen LogP contribution in [0.1, 0.15) is 0 Å². The Hall–Kier alpha value is -7.53. The second-order valence-electron chi connectivity index (χ2n) is 14.7. The first-order valence-corrected chi connectivity index (χ1v) is 20.7. The van der Waals surface area contributed by atoms with Crippen molar-refractivity contribution >= 4 is 42.3 Å². The van der Waals surface area contributed by atoms with Crippen molar-refractivity contribution in [3.63, 3.8) is 0 Å². The van der Waals surface area contributed by atoms with Crippen LogP contribution in [0.5, 0.6) is 0 Å². The normalized spacial score (nSPS) is 11.4. The summed E-state index contributed by atoms with van der Waals surface area (Å²) in [5.74, 6) is 1.92. The molecule has 0 saturated heterocycles. The molecule has 0 saturated carbocycles. The van der Waals surface area contributed by atoms with E-state index in [9.17, 15) is 0 Å². The molecule has 3 nitrogen and oxygen atoms in total. The van der Waals surface area contributed by atoms with E-state index in [1.165, 1.54) is 58.8 Å². The van der Waals surface area contributed by atoms with Crippen molar-refractivity contribution in [1.29, 1.82) is 0 Å². The van der Waals surface area contributed by atoms with Crippen molar-refractivity contribution in [2.75, 3.05) is 0 Å². The van der Waals surface area contributed by atoms with Gasteiger partial charge in [0.05, 0.1) is 0 Å². The second-order valence-corrected chi connectivity index (χ2v) is 15.8. The van der Waals surface area contributed by atoms with Gasteiger partial charge in [-0.15, -0.1) is 11.3 Å². The van der Waals surface area contributed by atoms with Crippen LogP contribution in [0.15, 0.2) is 212 Å². The van der Waals surface area contributed by atoms with Gasteiger partial charge in [0.15, 0.2) is 17.5 Å². The van der Waals surface area contributed by atoms with Crippen LogP contribution in [0.3, 0.4) is 0 Å². The van der Waals surface area contributed by atoms with Crippen molar-refractivity contribution in [3.8, 4) is 78.7 Å². The zero-order valence-electron chi connectivity index (χ0n) is 32.0. The molecule has 0 unspecified atom stereocenters. The molecule has 276 valence electrons. The van der Waals surface area contributed by atoms with Gasteiger partial charge in [-0.25, -0.2) is 15.0 Å². The molecule has 0 aliphatic rings. The maximum absolute atomic E-state index is 5.12. The number of fused-ring (bicyclic) bond motifs is 4. The molecule has 4 heteroatoms. The topological polar surface area (TPSA) is 38.7 Å². The summed E-state index contributed by atoms with van der Waals surface area (Å²) >= 11 is 1.87. The van der Waals surface area contributed by atoms with Crippen LogP contribution >= 0.6 is 11.3 Å². The summed E-state index contributed by atoms with van der Waals surface area (Å²) in [5.41, 5.74) is 12.3. The van der Waals surface area contributed by atoms with Gasteiger partial charge in [-0.3, -0.25) is 0 Å². The highest BCUT2D eigenvalue weighted by molar-refractivity contribution is 7.26. The minimum atomic E-state index is 0.634. The third-order valence-corrected chi connectivity index (χ3v) is 12.4. The van der Waals surface area contributed by atoms with Crippen LogP contribution in [0.25, 0.3) is 110 Å². The molecule has 0 fully saturated rings. The molecule has 2 heterocycles. The van der Waals surface area contributed by atoms with E-state index in [1.54, 1.807) is 0 Å². The molecule has 0 radical (unpaired) electrons. The number of aromatic nitrogens is 3. The van der Waals surface area contributed by atoms with Crippen molar-refractivity contribution in [2.45, 2.75) is 0 Å². The number of nitrogens with zero attached hydrogens (tertiary/aromatic N) is 3. The van der Waals surface area contributed by atoms with Crippen LogP contribution in [0.4, 0.5) is 0 Å². The van der Waals surface area contributed by atoms with E-state index in [0.717, 1.165) is 33.4 Å². The molecule has 11 aromatic rings. The van der Waals surface area contributed by atoms with Crippen molar-refractivity contribution < 1.29 is 0 Å². The third-order valence-electron chi connectivity index (χ3n) is 11.2. The molecule has 0 aliphatic carbocycles. The molecule has 11 rings (SSSR count). The van der Waals surface area contributed by atoms with Gasteiger partial charge in [-0.1, -0.05) is 200 Å². The number of benzene rings is 9. The third kappa shape index (κ3) is 6.37. The molecule has 0 aliphatic heterocycles. The summed E-state index contributed by atoms with van der Waals surface area (Å²) < 4.78 is 2.65. The quantitative estimate of drug-likeness (QED) is 0.162. The number of thiophene rings is 1. The van der Waals surface area contributed by atoms with E-state index in [1.807, 2.05) is 53.8 Å². The van der Waals surface area contributed by atoms with E-state index >= 15 is 0 Å². The Balaban J connectivity index is 0.973. The molecule has 9 aromatic carbocycles. The molecule has 0 atom stereocenters. The van der Waals surface area contributed by atoms with Crippen LogP contribution < -0.4 is 0 Å². The van der Waals surface area contributed by atoms with Crippen molar-refractivity contribution in [3.05, 3.63) is 212 Å². The zero-order chi connectivity index (χ0) is 39.1. The molecule has 0 N–H and O–H groups in total. The van der Waals surface area contributed by atoms with Gasteiger partial charge in [0.1, 0.15) is 0 Å². The zero-order valence-corrected chi connectivity index (χ0v) is 32.8. The number of hydrogen-bond donors (Lipinski definition) is 0. The van der Waals surface area contributed by atoms with Gasteiger partial charge in [0, 0.05) is 36.9 Å². The first-order chi connectivity index (χ1) is 29.2. The van der Waals surface area contributed by atoms with E-state index < -0.39 is 0 Å². The van der Waals surface area contributed by atoms with Crippen LogP contribution in [-0.4, -0.2) is 15.0 Å². The van der Waals surface area contributed by atoms with Gasteiger partial charge < -0.3 is 0 Å². The average Bonchev–Trinajstić information content (AvgIpc) is 3.71. The fourth-order valence-corrected chi connectivity index (χ4v) is 9.56. The van der Waals surface area contributed by atoms with Crippen LogP contribution in [0.2, 0.25) is 0 Å². The molecule has 0 spiro atoms. The minimum absolute atomic E-state index is 0.634. The van der Waals surface area contributed by atoms with Crippen molar-refractivity contribution in [1.82, 2.24) is 15.0 Å². The van der Waals surface area contributed by atoms with Gasteiger partial charge in [0.2, 0.25) is 0 Å². The molecule has 0 bridgehead atoms. The lowest BCUT2D eigenvalue weighted by Gasteiger charge is -2.14. The highest BCUT2D eigenvalue weighted by Gasteiger charge is 2.17. The van der Waals surface area contributed by atoms with Gasteiger partial charge in [-0.05, 0) is 67.4 Å². The summed E-state index contributed by atoms with van der Waals surface area (Å²) in [6, 6.07) is 75.2. The largest absolute Gasteiger partial charge is 0.208 e. The van der Waals surface area contributed by atoms with Gasteiger partial charge >= 0.3 is 0 Å². The number of hydrogen-bond acceptors (Lipinski definition) is 4. The Labute approximate surface area is 346 Å². The molecular formula is C55H35N3S. The Morgan fingerprint density at radius 2 is 0.695 bits per heavy atom. The predicted octanol–water partition coefficient (Wildman–Crippen LogP) is 15.1. The van der Waals surface area contributed by atoms with Crippen molar-refractivity contribution in [2.24, 2.45) is 0 Å². The fraction of sp³-hybridized carbons (Fsp3) is 0. The van der Waals surface area contributed by atoms with Gasteiger partial charge in [0.25, 0.3) is 0 Å². The SMILES string of the molecule is c1ccc(-c2nc(-c3ccc(-c4ccc(-c5cccc(-c6cccc7c6sc6ccccc67)c5)c5ccccc45)cc3)nc(-c3ccccc3-c3ccccc3)n2)cc1. The first kappa shape index (κ1) is 34.7. The second kappa shape index (κ2) is 14.8. The maximum Gasteiger partial charge on any atom is 0.164 e. The lowest BCUT2D eigenvalue weighted by atomic mass is 9.90. The minimum Gasteiger partial charge on any atom is -0.208 e. The standard InChI is InChI=1S/C55H35N3S/c1-3-15-36(16-4-1)42-21-7-10-25-50(42)55-57-53(38-17-5-2-6-18-38)56-54(58-55)39-31-29-37(30-32-39)43-33-34-44(47-23-9-8-22-46(43)47)40-19-13-20-41(35-40)45-26-14-27-49-48-24-11-12-28-51(48)59-52(45)49/h1-35H. The molecular weight excluding hydrogens is 735 g/mol. The fourth-order valence-electron chi connectivity index (χ4n) is 8.32. The molecule has 0 amide bonds. The van der Waals surface area contributed by atoms with Gasteiger partial charge in [-0.2, -0.15) is 0 Å². The molecule has 2 aromatic heterocycles. The smallest absolute Gasteiger partial charge is 0.164 e. The monoisotopic (exact) mass is 769 g/mol. The summed E-state index contributed by atoms with van der Waals surface area (Å²) in [7, 11) is 0. The summed E-state index contributed by atoms with van der Waals surface area (Å²) in [6.07, 6.45) is 0. The lowest BCUT2D eigenvalue weighted by molar-refractivity contribution is 1.07. The Morgan fingerprint density at radius 1 is 0.254 bits per heavy atom. The van der Waals surface area contributed by atoms with E-state index in [4.69, 9.17) is 15.0 Å². The van der Waals surface area contributed by atoms with Crippen LogP contribution in [-0.2, 0) is 0 Å². The van der Waals surface area contributed by atoms with E-state index in [-0.39, 0.29) is 0 Å². The molecule has 59 heavy (non-hydrogen) atoms. The Morgan fingerprint density at radius 3 is 1.41 bits per heavy atom. The lowest BCUT2D eigenvalue weighted by Crippen LogP contribution is -2.01.